The molecule has 1 saturated carbocycles. The fraction of sp³-hybridized carbons (Fsp3) is 0.706. The molecule has 2 aliphatic heterocycles. The molecule has 1 aromatic heterocycles. The highest BCUT2D eigenvalue weighted by Gasteiger charge is 2.42. The highest BCUT2D eigenvalue weighted by molar-refractivity contribution is 5.76. The van der Waals surface area contributed by atoms with Crippen LogP contribution in [0.1, 0.15) is 25.7 Å². The maximum atomic E-state index is 12.3. The Kier molecular flexibility index (Phi) is 4.16. The summed E-state index contributed by atoms with van der Waals surface area (Å²) >= 11 is 0. The molecule has 4 rings (SSSR count). The van der Waals surface area contributed by atoms with Crippen molar-refractivity contribution in [2.24, 2.45) is 17.8 Å². The van der Waals surface area contributed by atoms with Crippen molar-refractivity contribution in [3.05, 3.63) is 18.5 Å². The van der Waals surface area contributed by atoms with Gasteiger partial charge in [-0.25, -0.2) is 9.97 Å². The van der Waals surface area contributed by atoms with Crippen LogP contribution >= 0.6 is 0 Å². The summed E-state index contributed by atoms with van der Waals surface area (Å²) in [5, 5.41) is 3.26. The molecule has 0 bridgehead atoms. The van der Waals surface area contributed by atoms with E-state index < -0.39 is 0 Å². The van der Waals surface area contributed by atoms with Gasteiger partial charge in [0, 0.05) is 44.4 Å². The number of hydrogen-bond donors (Lipinski definition) is 1. The van der Waals surface area contributed by atoms with Crippen molar-refractivity contribution < 1.29 is 9.53 Å². The molecule has 0 spiro atoms. The number of rotatable bonds is 5. The Labute approximate surface area is 136 Å². The van der Waals surface area contributed by atoms with E-state index in [0.717, 1.165) is 39.1 Å². The topological polar surface area (TPSA) is 67.3 Å². The number of aromatic nitrogens is 2. The van der Waals surface area contributed by atoms with Crippen molar-refractivity contribution in [2.45, 2.75) is 31.8 Å². The van der Waals surface area contributed by atoms with Crippen molar-refractivity contribution in [1.29, 1.82) is 0 Å². The number of fused-ring (bicyclic) bond motifs is 1. The van der Waals surface area contributed by atoms with Gasteiger partial charge in [0.1, 0.15) is 0 Å². The maximum Gasteiger partial charge on any atom is 0.222 e. The Morgan fingerprint density at radius 2 is 2.13 bits per heavy atom. The molecule has 124 valence electrons. The number of amides is 1. The van der Waals surface area contributed by atoms with E-state index in [1.165, 1.54) is 12.8 Å². The first-order valence-electron chi connectivity index (χ1n) is 8.70. The third-order valence-corrected chi connectivity index (χ3v) is 5.33. The Bertz CT molecular complexity index is 549. The number of likely N-dealkylation sites (tertiary alicyclic amines) is 1. The lowest BCUT2D eigenvalue weighted by atomic mass is 9.84. The van der Waals surface area contributed by atoms with Crippen molar-refractivity contribution >= 4 is 11.9 Å². The number of carbonyl (C=O) groups excluding carboxylic acids is 1. The molecule has 3 atom stereocenters. The van der Waals surface area contributed by atoms with Crippen LogP contribution in [-0.2, 0) is 9.53 Å². The number of hydrogen-bond acceptors (Lipinski definition) is 5. The van der Waals surface area contributed by atoms with Crippen LogP contribution in [0.25, 0.3) is 0 Å². The van der Waals surface area contributed by atoms with E-state index in [1.54, 1.807) is 12.4 Å². The smallest absolute Gasteiger partial charge is 0.222 e. The van der Waals surface area contributed by atoms with Crippen molar-refractivity contribution in [1.82, 2.24) is 14.9 Å². The largest absolute Gasteiger partial charge is 0.376 e. The van der Waals surface area contributed by atoms with E-state index in [2.05, 4.69) is 20.2 Å². The Morgan fingerprint density at radius 3 is 2.91 bits per heavy atom. The number of piperidine rings is 1. The fourth-order valence-electron chi connectivity index (χ4n) is 3.80. The number of nitrogens with zero attached hydrogens (tertiary/aromatic N) is 3. The first-order valence-corrected chi connectivity index (χ1v) is 8.70. The lowest BCUT2D eigenvalue weighted by molar-refractivity contribution is -0.133. The van der Waals surface area contributed by atoms with Crippen LogP contribution < -0.4 is 5.32 Å². The number of carbonyl (C=O) groups is 1. The van der Waals surface area contributed by atoms with Crippen LogP contribution in [0.4, 0.5) is 5.95 Å². The zero-order valence-corrected chi connectivity index (χ0v) is 13.4. The molecule has 3 fully saturated rings. The molecule has 0 unspecified atom stereocenters. The second-order valence-electron chi connectivity index (χ2n) is 7.02. The minimum Gasteiger partial charge on any atom is -0.376 e. The Morgan fingerprint density at radius 1 is 1.30 bits per heavy atom. The summed E-state index contributed by atoms with van der Waals surface area (Å²) in [6.45, 7) is 3.25. The highest BCUT2D eigenvalue weighted by atomic mass is 16.5. The van der Waals surface area contributed by atoms with E-state index in [1.807, 2.05) is 6.07 Å². The zero-order valence-electron chi connectivity index (χ0n) is 13.4. The average Bonchev–Trinajstić information content (AvgIpc) is 3.31. The van der Waals surface area contributed by atoms with Gasteiger partial charge in [0.15, 0.2) is 0 Å². The molecule has 6 heteroatoms. The lowest BCUT2D eigenvalue weighted by Crippen LogP contribution is -2.45. The summed E-state index contributed by atoms with van der Waals surface area (Å²) in [6.07, 6.45) is 7.95. The first-order chi connectivity index (χ1) is 11.3. The molecule has 6 nitrogen and oxygen atoms in total. The zero-order chi connectivity index (χ0) is 15.6. The monoisotopic (exact) mass is 316 g/mol. The van der Waals surface area contributed by atoms with Crippen molar-refractivity contribution in [3.63, 3.8) is 0 Å². The normalized spacial score (nSPS) is 30.1. The summed E-state index contributed by atoms with van der Waals surface area (Å²) in [4.78, 5) is 22.7. The summed E-state index contributed by atoms with van der Waals surface area (Å²) < 4.78 is 5.99. The van der Waals surface area contributed by atoms with Gasteiger partial charge in [0.05, 0.1) is 12.7 Å². The fourth-order valence-corrected chi connectivity index (χ4v) is 3.80. The molecule has 3 heterocycles. The quantitative estimate of drug-likeness (QED) is 0.893. The third kappa shape index (κ3) is 3.47. The molecular weight excluding hydrogens is 292 g/mol. The van der Waals surface area contributed by atoms with Crippen LogP contribution in [0.5, 0.6) is 0 Å². The number of anilines is 1. The van der Waals surface area contributed by atoms with Crippen LogP contribution in [-0.4, -0.2) is 53.1 Å². The van der Waals surface area contributed by atoms with Gasteiger partial charge < -0.3 is 15.0 Å². The second kappa shape index (κ2) is 6.43. The third-order valence-electron chi connectivity index (χ3n) is 5.33. The van der Waals surface area contributed by atoms with Gasteiger partial charge in [0.2, 0.25) is 11.9 Å². The number of ether oxygens (including phenoxy) is 1. The van der Waals surface area contributed by atoms with Crippen molar-refractivity contribution in [2.75, 3.05) is 31.6 Å². The lowest BCUT2D eigenvalue weighted by Gasteiger charge is -2.35. The molecule has 0 aromatic carbocycles. The van der Waals surface area contributed by atoms with E-state index in [4.69, 9.17) is 4.74 Å². The summed E-state index contributed by atoms with van der Waals surface area (Å²) in [5.41, 5.74) is 0. The van der Waals surface area contributed by atoms with Crippen LogP contribution in [0.3, 0.4) is 0 Å². The van der Waals surface area contributed by atoms with Crippen LogP contribution in [0.15, 0.2) is 18.5 Å². The average molecular weight is 316 g/mol. The molecular formula is C17H24N4O2. The molecule has 1 amide bonds. The molecule has 1 N–H and O–H groups in total. The standard InChI is InChI=1S/C17H24N4O2/c22-16(8-12-2-3-12)21-7-4-14-13(10-21)11-23-15(14)9-20-17-18-5-1-6-19-17/h1,5-6,12-15H,2-4,7-11H2,(H,18,19,20)/t13-,14-,15-/m1/s1. The summed E-state index contributed by atoms with van der Waals surface area (Å²) in [5.74, 6) is 2.69. The molecule has 23 heavy (non-hydrogen) atoms. The van der Waals surface area contributed by atoms with E-state index in [0.29, 0.717) is 29.6 Å². The number of nitrogens with one attached hydrogen (secondary N) is 1. The molecule has 0 radical (unpaired) electrons. The maximum absolute atomic E-state index is 12.3. The van der Waals surface area contributed by atoms with Crippen LogP contribution in [0.2, 0.25) is 0 Å². The highest BCUT2D eigenvalue weighted by Crippen LogP contribution is 2.37. The minimum absolute atomic E-state index is 0.199. The van der Waals surface area contributed by atoms with E-state index >= 15 is 0 Å². The second-order valence-corrected chi connectivity index (χ2v) is 7.02. The summed E-state index contributed by atoms with van der Waals surface area (Å²) in [7, 11) is 0. The predicted octanol–water partition coefficient (Wildman–Crippen LogP) is 1.55. The van der Waals surface area contributed by atoms with Gasteiger partial charge in [-0.1, -0.05) is 0 Å². The molecule has 2 saturated heterocycles. The minimum atomic E-state index is 0.199. The van der Waals surface area contributed by atoms with Gasteiger partial charge in [-0.2, -0.15) is 0 Å². The van der Waals surface area contributed by atoms with E-state index in [9.17, 15) is 4.79 Å². The van der Waals surface area contributed by atoms with Gasteiger partial charge in [-0.05, 0) is 37.2 Å². The van der Waals surface area contributed by atoms with Gasteiger partial charge in [-0.15, -0.1) is 0 Å². The molecule has 1 aromatic rings. The first kappa shape index (κ1) is 14.9. The molecule has 1 aliphatic carbocycles. The summed E-state index contributed by atoms with van der Waals surface area (Å²) in [6, 6.07) is 1.81. The molecule has 3 aliphatic rings. The van der Waals surface area contributed by atoms with Gasteiger partial charge >= 0.3 is 0 Å². The SMILES string of the molecule is O=C(CC1CC1)N1CC[C@@H]2[C@@H](CO[C@@H]2CNc2ncccn2)C1. The predicted molar refractivity (Wildman–Crippen MR) is 85.8 cm³/mol. The van der Waals surface area contributed by atoms with E-state index in [-0.39, 0.29) is 6.10 Å². The van der Waals surface area contributed by atoms with Gasteiger partial charge in [-0.3, -0.25) is 4.79 Å². The Balaban J connectivity index is 1.28. The van der Waals surface area contributed by atoms with Crippen LogP contribution in [0, 0.1) is 17.8 Å². The van der Waals surface area contributed by atoms with Gasteiger partial charge in [0.25, 0.3) is 0 Å². The van der Waals surface area contributed by atoms with Crippen molar-refractivity contribution in [3.8, 4) is 0 Å². The Hall–Kier alpha value is -1.69.